The van der Waals surface area contributed by atoms with E-state index in [9.17, 15) is 4.79 Å². The Labute approximate surface area is 165 Å². The summed E-state index contributed by atoms with van der Waals surface area (Å²) in [6.45, 7) is 4.16. The highest BCUT2D eigenvalue weighted by Gasteiger charge is 2.12. The molecule has 0 radical (unpaired) electrons. The molecule has 0 fully saturated rings. The van der Waals surface area contributed by atoms with Crippen molar-refractivity contribution in [2.75, 3.05) is 5.32 Å². The average molecular weight is 390 g/mol. The van der Waals surface area contributed by atoms with Crippen LogP contribution in [0.25, 0.3) is 22.2 Å². The summed E-state index contributed by atoms with van der Waals surface area (Å²) >= 11 is 1.51. The van der Waals surface area contributed by atoms with E-state index in [4.69, 9.17) is 10.7 Å². The summed E-state index contributed by atoms with van der Waals surface area (Å²) in [5, 5.41) is 13.2. The van der Waals surface area contributed by atoms with Crippen molar-refractivity contribution in [1.29, 1.82) is 0 Å². The zero-order valence-electron chi connectivity index (χ0n) is 15.4. The van der Waals surface area contributed by atoms with E-state index in [1.807, 2.05) is 24.3 Å². The van der Waals surface area contributed by atoms with Crippen LogP contribution in [0.1, 0.15) is 35.1 Å². The average Bonchev–Trinajstić information content (AvgIpc) is 3.16. The molecular weight excluding hydrogens is 372 g/mol. The lowest BCUT2D eigenvalue weighted by atomic mass is 10.0. The van der Waals surface area contributed by atoms with Crippen LogP contribution in [0.5, 0.6) is 0 Å². The number of fused-ring (bicyclic) bond motifs is 1. The van der Waals surface area contributed by atoms with Crippen LogP contribution in [0.4, 0.5) is 10.9 Å². The third-order valence-corrected chi connectivity index (χ3v) is 5.35. The number of pyridine rings is 2. The third-order valence-electron chi connectivity index (χ3n) is 4.21. The molecule has 140 valence electrons. The van der Waals surface area contributed by atoms with E-state index in [2.05, 4.69) is 34.3 Å². The van der Waals surface area contributed by atoms with Crippen molar-refractivity contribution in [1.82, 2.24) is 20.2 Å². The highest BCUT2D eigenvalue weighted by molar-refractivity contribution is 7.15. The molecule has 1 aromatic carbocycles. The van der Waals surface area contributed by atoms with Crippen molar-refractivity contribution >= 4 is 39.2 Å². The summed E-state index contributed by atoms with van der Waals surface area (Å²) in [6, 6.07) is 12.8. The number of hydrogen-bond donors (Lipinski definition) is 2. The van der Waals surface area contributed by atoms with Gasteiger partial charge in [-0.15, -0.1) is 10.2 Å². The monoisotopic (exact) mass is 390 g/mol. The van der Waals surface area contributed by atoms with Gasteiger partial charge in [0.05, 0.1) is 11.0 Å². The van der Waals surface area contributed by atoms with E-state index in [1.54, 1.807) is 24.4 Å². The Morgan fingerprint density at radius 1 is 1.14 bits per heavy atom. The minimum absolute atomic E-state index is 0.325. The highest BCUT2D eigenvalue weighted by Crippen LogP contribution is 2.29. The van der Waals surface area contributed by atoms with Gasteiger partial charge in [-0.1, -0.05) is 37.3 Å². The molecule has 7 nitrogen and oxygen atoms in total. The van der Waals surface area contributed by atoms with Crippen molar-refractivity contribution in [2.45, 2.75) is 19.8 Å². The Morgan fingerprint density at radius 2 is 2.00 bits per heavy atom. The van der Waals surface area contributed by atoms with E-state index < -0.39 is 5.91 Å². The number of amides is 1. The smallest absolute Gasteiger partial charge is 0.248 e. The van der Waals surface area contributed by atoms with Gasteiger partial charge in [0.2, 0.25) is 11.0 Å². The molecule has 1 amide bonds. The standard InChI is InChI=1S/C20H18N6OS/c1-11(2)19-25-26-20(28-19)24-16-7-6-15-17(23-16)14(8-9-22-15)12-4-3-5-13(10-12)18(21)27/h3-11H,1-2H3,(H2,21,27)(H,23,24,26). The molecule has 0 aliphatic rings. The van der Waals surface area contributed by atoms with Crippen molar-refractivity contribution in [2.24, 2.45) is 5.73 Å². The first-order valence-corrected chi connectivity index (χ1v) is 9.59. The van der Waals surface area contributed by atoms with Crippen molar-refractivity contribution in [3.63, 3.8) is 0 Å². The fourth-order valence-corrected chi connectivity index (χ4v) is 3.55. The second kappa shape index (κ2) is 7.32. The zero-order chi connectivity index (χ0) is 19.7. The number of aromatic nitrogens is 4. The Balaban J connectivity index is 1.75. The first-order valence-electron chi connectivity index (χ1n) is 8.77. The second-order valence-electron chi connectivity index (χ2n) is 6.59. The molecule has 3 aromatic heterocycles. The van der Waals surface area contributed by atoms with Gasteiger partial charge in [0.1, 0.15) is 10.8 Å². The predicted molar refractivity (Wildman–Crippen MR) is 111 cm³/mol. The summed E-state index contributed by atoms with van der Waals surface area (Å²) in [6.07, 6.45) is 1.73. The molecule has 3 N–H and O–H groups in total. The molecule has 4 rings (SSSR count). The van der Waals surface area contributed by atoms with Gasteiger partial charge in [-0.05, 0) is 35.9 Å². The first-order chi connectivity index (χ1) is 13.5. The lowest BCUT2D eigenvalue weighted by molar-refractivity contribution is 0.100. The number of nitrogens with zero attached hydrogens (tertiary/aromatic N) is 4. The number of benzene rings is 1. The molecule has 28 heavy (non-hydrogen) atoms. The van der Waals surface area contributed by atoms with Gasteiger partial charge in [0.25, 0.3) is 0 Å². The lowest BCUT2D eigenvalue weighted by Crippen LogP contribution is -2.10. The molecule has 0 unspecified atom stereocenters. The molecule has 0 aliphatic heterocycles. The van der Waals surface area contributed by atoms with Gasteiger partial charge >= 0.3 is 0 Å². The van der Waals surface area contributed by atoms with Crippen molar-refractivity contribution < 1.29 is 4.79 Å². The zero-order valence-corrected chi connectivity index (χ0v) is 16.2. The molecule has 0 bridgehead atoms. The van der Waals surface area contributed by atoms with Crippen molar-refractivity contribution in [3.05, 3.63) is 59.2 Å². The molecule has 3 heterocycles. The molecule has 0 saturated heterocycles. The fourth-order valence-electron chi connectivity index (χ4n) is 2.80. The van der Waals surface area contributed by atoms with Gasteiger partial charge in [-0.25, -0.2) is 4.98 Å². The minimum Gasteiger partial charge on any atom is -0.366 e. The van der Waals surface area contributed by atoms with Crippen LogP contribution in [-0.2, 0) is 0 Å². The van der Waals surface area contributed by atoms with Gasteiger partial charge in [0, 0.05) is 23.2 Å². The van der Waals surface area contributed by atoms with Crippen LogP contribution in [-0.4, -0.2) is 26.1 Å². The number of carbonyl (C=O) groups excluding carboxylic acids is 1. The number of hydrogen-bond acceptors (Lipinski definition) is 7. The fraction of sp³-hybridized carbons (Fsp3) is 0.150. The van der Waals surface area contributed by atoms with Crippen LogP contribution in [0.15, 0.2) is 48.7 Å². The Kier molecular flexibility index (Phi) is 4.70. The number of rotatable bonds is 5. The summed E-state index contributed by atoms with van der Waals surface area (Å²) in [7, 11) is 0. The Bertz CT molecular complexity index is 1170. The lowest BCUT2D eigenvalue weighted by Gasteiger charge is -2.09. The maximum Gasteiger partial charge on any atom is 0.248 e. The van der Waals surface area contributed by atoms with Crippen molar-refractivity contribution in [3.8, 4) is 11.1 Å². The maximum atomic E-state index is 11.5. The van der Waals surface area contributed by atoms with Crippen LogP contribution >= 0.6 is 11.3 Å². The van der Waals surface area contributed by atoms with E-state index >= 15 is 0 Å². The van der Waals surface area contributed by atoms with E-state index in [0.29, 0.717) is 22.4 Å². The summed E-state index contributed by atoms with van der Waals surface area (Å²) in [4.78, 5) is 20.6. The minimum atomic E-state index is -0.465. The quantitative estimate of drug-likeness (QED) is 0.531. The SMILES string of the molecule is CC(C)c1nnc(Nc2ccc3nccc(-c4cccc(C(N)=O)c4)c3n2)s1. The van der Waals surface area contributed by atoms with E-state index in [-0.39, 0.29) is 0 Å². The van der Waals surface area contributed by atoms with Crippen LogP contribution in [0.2, 0.25) is 0 Å². The summed E-state index contributed by atoms with van der Waals surface area (Å²) in [5.74, 6) is 0.512. The van der Waals surface area contributed by atoms with Gasteiger partial charge in [0.15, 0.2) is 0 Å². The van der Waals surface area contributed by atoms with Gasteiger partial charge < -0.3 is 11.1 Å². The molecule has 8 heteroatoms. The van der Waals surface area contributed by atoms with Gasteiger partial charge in [-0.2, -0.15) is 0 Å². The summed E-state index contributed by atoms with van der Waals surface area (Å²) in [5.41, 5.74) is 9.08. The molecular formula is C20H18N6OS. The maximum absolute atomic E-state index is 11.5. The normalized spacial score (nSPS) is 11.1. The number of nitrogens with one attached hydrogen (secondary N) is 1. The Hall–Kier alpha value is -3.39. The van der Waals surface area contributed by atoms with Crippen LogP contribution in [0.3, 0.4) is 0 Å². The third kappa shape index (κ3) is 3.54. The number of carbonyl (C=O) groups is 1. The number of nitrogens with two attached hydrogens (primary N) is 1. The van der Waals surface area contributed by atoms with E-state index in [1.165, 1.54) is 11.3 Å². The number of anilines is 2. The first kappa shape index (κ1) is 18.0. The molecule has 0 aliphatic carbocycles. The predicted octanol–water partition coefficient (Wildman–Crippen LogP) is 4.11. The highest BCUT2D eigenvalue weighted by atomic mass is 32.1. The van der Waals surface area contributed by atoms with E-state index in [0.717, 1.165) is 27.2 Å². The van der Waals surface area contributed by atoms with Gasteiger partial charge in [-0.3, -0.25) is 9.78 Å². The molecule has 4 aromatic rings. The topological polar surface area (TPSA) is 107 Å². The molecule has 0 atom stereocenters. The van der Waals surface area contributed by atoms with Crippen LogP contribution < -0.4 is 11.1 Å². The van der Waals surface area contributed by atoms with Crippen LogP contribution in [0, 0.1) is 0 Å². The molecule has 0 saturated carbocycles. The Morgan fingerprint density at radius 3 is 2.75 bits per heavy atom. The summed E-state index contributed by atoms with van der Waals surface area (Å²) < 4.78 is 0. The second-order valence-corrected chi connectivity index (χ2v) is 7.60. The number of primary amides is 1. The molecule has 0 spiro atoms. The largest absolute Gasteiger partial charge is 0.366 e.